The number of rotatable bonds is 6. The third-order valence-corrected chi connectivity index (χ3v) is 15.2. The Hall–Kier alpha value is -1.28. The number of esters is 1. The van der Waals surface area contributed by atoms with Gasteiger partial charge in [0, 0.05) is 22.2 Å². The van der Waals surface area contributed by atoms with E-state index in [1.54, 1.807) is 0 Å². The number of aliphatic hydroxyl groups excluding tert-OH is 4. The first-order valence-electron chi connectivity index (χ1n) is 17.4. The number of aliphatic hydroxyl groups is 4. The number of ether oxygens (including phenoxy) is 1. The summed E-state index contributed by atoms with van der Waals surface area (Å²) in [6, 6.07) is 0. The minimum Gasteiger partial charge on any atom is -0.461 e. The fourth-order valence-corrected chi connectivity index (χ4v) is 11.7. The normalized spacial score (nSPS) is 48.0. The fraction of sp³-hybridized carbons (Fsp3) is 0.892. The van der Waals surface area contributed by atoms with E-state index in [1.165, 1.54) is 0 Å². The molecule has 12 atom stereocenters. The van der Waals surface area contributed by atoms with Crippen LogP contribution < -0.4 is 0 Å². The van der Waals surface area contributed by atoms with Crippen LogP contribution in [0.3, 0.4) is 0 Å². The van der Waals surface area contributed by atoms with Gasteiger partial charge in [-0.15, -0.1) is 0 Å². The van der Waals surface area contributed by atoms with Gasteiger partial charge in [0.05, 0.1) is 24.9 Å². The average molecular weight is 617 g/mol. The maximum absolute atomic E-state index is 13.0. The molecule has 0 radical (unpaired) electrons. The molecule has 0 amide bonds. The number of hydrogen-bond acceptors (Lipinski definition) is 7. The van der Waals surface area contributed by atoms with Crippen LogP contribution in [-0.2, 0) is 14.3 Å². The van der Waals surface area contributed by atoms with Gasteiger partial charge in [-0.3, -0.25) is 9.59 Å². The van der Waals surface area contributed by atoms with E-state index < -0.39 is 40.5 Å². The molecule has 0 aromatic heterocycles. The number of Topliss-reactive ketones (excluding diaryl/α,β-unsaturated/α-hetero) is 1. The van der Waals surface area contributed by atoms with Crippen molar-refractivity contribution in [1.29, 1.82) is 0 Å². The number of fused-ring (bicyclic) bond motifs is 7. The molecule has 4 N–H and O–H groups in total. The van der Waals surface area contributed by atoms with Crippen LogP contribution in [0.15, 0.2) is 11.6 Å². The molecule has 4 fully saturated rings. The second kappa shape index (κ2) is 10.9. The molecule has 44 heavy (non-hydrogen) atoms. The topological polar surface area (TPSA) is 124 Å². The highest BCUT2D eigenvalue weighted by atomic mass is 16.5. The Labute approximate surface area is 265 Å². The Balaban J connectivity index is 1.51. The van der Waals surface area contributed by atoms with Gasteiger partial charge in [0.15, 0.2) is 0 Å². The summed E-state index contributed by atoms with van der Waals surface area (Å²) in [6.45, 7) is 18.9. The van der Waals surface area contributed by atoms with Gasteiger partial charge in [-0.1, -0.05) is 74.0 Å². The van der Waals surface area contributed by atoms with E-state index in [9.17, 15) is 30.0 Å². The summed E-state index contributed by atoms with van der Waals surface area (Å²) >= 11 is 0. The highest BCUT2D eigenvalue weighted by Crippen LogP contribution is 2.75. The minimum absolute atomic E-state index is 0.00516. The van der Waals surface area contributed by atoms with Gasteiger partial charge < -0.3 is 25.2 Å². The van der Waals surface area contributed by atoms with E-state index in [4.69, 9.17) is 4.74 Å². The molecule has 5 aliphatic carbocycles. The second-order valence-corrected chi connectivity index (χ2v) is 17.7. The molecule has 0 heterocycles. The third-order valence-electron chi connectivity index (χ3n) is 15.2. The number of allylic oxidation sites excluding steroid dienone is 1. The molecule has 0 spiro atoms. The van der Waals surface area contributed by atoms with Crippen molar-refractivity contribution >= 4 is 11.8 Å². The summed E-state index contributed by atoms with van der Waals surface area (Å²) < 4.78 is 6.00. The Kier molecular flexibility index (Phi) is 8.43. The van der Waals surface area contributed by atoms with Crippen LogP contribution >= 0.6 is 0 Å². The smallest absolute Gasteiger partial charge is 0.313 e. The molecule has 5 aliphatic rings. The lowest BCUT2D eigenvalue weighted by molar-refractivity contribution is -0.263. The van der Waals surface area contributed by atoms with Gasteiger partial charge in [-0.05, 0) is 85.4 Å². The van der Waals surface area contributed by atoms with Crippen molar-refractivity contribution in [3.05, 3.63) is 11.6 Å². The van der Waals surface area contributed by atoms with Gasteiger partial charge >= 0.3 is 5.97 Å². The number of carbonyl (C=O) groups excluding carboxylic acids is 2. The first kappa shape index (κ1) is 34.1. The van der Waals surface area contributed by atoms with Crippen LogP contribution in [0.25, 0.3) is 0 Å². The number of hydrogen-bond donors (Lipinski definition) is 4. The van der Waals surface area contributed by atoms with Gasteiger partial charge in [-0.2, -0.15) is 0 Å². The summed E-state index contributed by atoms with van der Waals surface area (Å²) in [5.74, 6) is -0.448. The molecule has 0 saturated heterocycles. The first-order valence-corrected chi connectivity index (χ1v) is 17.4. The minimum atomic E-state index is -1.20. The Bertz CT molecular complexity index is 1190. The Morgan fingerprint density at radius 2 is 1.61 bits per heavy atom. The number of ketones is 1. The maximum atomic E-state index is 13.0. The zero-order chi connectivity index (χ0) is 32.8. The standard InChI is InChI=1S/C37H60O7/c1-10-21(2)24(39)17-29(41)44-28-19-37(20-38)23(18-32(28,3)4)22-11-12-26-34(7)15-14-27(40)33(5,6)25(34)13-16-35(26,8)36(22,9)30(42)31(37)43/h11,21,23,25-28,30-31,38,40,42-43H,10,12-20H2,1-9H3/t21?,23-,25?,26-,27+,28+,30+,31-,34+,35-,36+,37-/m1/s1. The van der Waals surface area contributed by atoms with E-state index in [2.05, 4.69) is 54.5 Å². The van der Waals surface area contributed by atoms with Crippen molar-refractivity contribution in [3.8, 4) is 0 Å². The molecule has 0 aromatic rings. The summed E-state index contributed by atoms with van der Waals surface area (Å²) in [4.78, 5) is 25.5. The van der Waals surface area contributed by atoms with Gasteiger partial charge in [-0.25, -0.2) is 0 Å². The molecule has 0 aromatic carbocycles. The van der Waals surface area contributed by atoms with Crippen molar-refractivity contribution in [1.82, 2.24) is 0 Å². The SMILES string of the molecule is CCC(C)C(=O)CC(=O)O[C@H]1C[C@@]2(CO)[C@H](CC1(C)C)C1=CC[C@@H]3[C@@]4(C)CC[C@H](O)C(C)(C)C4CC[C@@]3(C)[C@]1(C)[C@@H](O)[C@H]2O. The zero-order valence-electron chi connectivity index (χ0n) is 28.8. The van der Waals surface area contributed by atoms with Crippen molar-refractivity contribution in [2.75, 3.05) is 6.61 Å². The van der Waals surface area contributed by atoms with Crippen LogP contribution in [0, 0.1) is 56.2 Å². The van der Waals surface area contributed by atoms with E-state index in [1.807, 2.05) is 13.8 Å². The lowest BCUT2D eigenvalue weighted by Gasteiger charge is -2.73. The third kappa shape index (κ3) is 4.48. The summed E-state index contributed by atoms with van der Waals surface area (Å²) in [7, 11) is 0. The molecule has 2 unspecified atom stereocenters. The van der Waals surface area contributed by atoms with Gasteiger partial charge in [0.25, 0.3) is 0 Å². The maximum Gasteiger partial charge on any atom is 0.313 e. The molecular formula is C37H60O7. The summed E-state index contributed by atoms with van der Waals surface area (Å²) in [6.07, 6.45) is 4.78. The van der Waals surface area contributed by atoms with E-state index in [-0.39, 0.29) is 65.3 Å². The summed E-state index contributed by atoms with van der Waals surface area (Å²) in [5, 5.41) is 46.5. The zero-order valence-corrected chi connectivity index (χ0v) is 28.8. The predicted molar refractivity (Wildman–Crippen MR) is 169 cm³/mol. The largest absolute Gasteiger partial charge is 0.461 e. The molecule has 4 saturated carbocycles. The Morgan fingerprint density at radius 1 is 0.955 bits per heavy atom. The van der Waals surface area contributed by atoms with Crippen LogP contribution in [0.2, 0.25) is 0 Å². The predicted octanol–water partition coefficient (Wildman–Crippen LogP) is 5.61. The van der Waals surface area contributed by atoms with Crippen molar-refractivity contribution < 1.29 is 34.8 Å². The molecule has 250 valence electrons. The highest BCUT2D eigenvalue weighted by molar-refractivity contribution is 5.96. The van der Waals surface area contributed by atoms with E-state index in [0.29, 0.717) is 18.8 Å². The van der Waals surface area contributed by atoms with Crippen molar-refractivity contribution in [2.24, 2.45) is 56.2 Å². The van der Waals surface area contributed by atoms with Gasteiger partial charge in [0.2, 0.25) is 0 Å². The quantitative estimate of drug-likeness (QED) is 0.174. The van der Waals surface area contributed by atoms with Gasteiger partial charge in [0.1, 0.15) is 18.3 Å². The van der Waals surface area contributed by atoms with Crippen molar-refractivity contribution in [2.45, 2.75) is 145 Å². The molecule has 0 aliphatic heterocycles. The molecule has 0 bridgehead atoms. The van der Waals surface area contributed by atoms with Crippen molar-refractivity contribution in [3.63, 3.8) is 0 Å². The van der Waals surface area contributed by atoms with Crippen LogP contribution in [0.4, 0.5) is 0 Å². The fourth-order valence-electron chi connectivity index (χ4n) is 11.7. The molecular weight excluding hydrogens is 556 g/mol. The Morgan fingerprint density at radius 3 is 2.23 bits per heavy atom. The summed E-state index contributed by atoms with van der Waals surface area (Å²) in [5.41, 5.74) is -1.56. The van der Waals surface area contributed by atoms with E-state index >= 15 is 0 Å². The molecule has 5 rings (SSSR count). The lowest BCUT2D eigenvalue weighted by atomic mass is 9.32. The van der Waals surface area contributed by atoms with Crippen LogP contribution in [-0.4, -0.2) is 63.2 Å². The lowest BCUT2D eigenvalue weighted by Crippen LogP contribution is -2.72. The van der Waals surface area contributed by atoms with E-state index in [0.717, 1.165) is 37.7 Å². The second-order valence-electron chi connectivity index (χ2n) is 17.7. The highest BCUT2D eigenvalue weighted by Gasteiger charge is 2.73. The molecule has 7 heteroatoms. The van der Waals surface area contributed by atoms with Crippen LogP contribution in [0.1, 0.15) is 120 Å². The number of carbonyl (C=O) groups is 2. The average Bonchev–Trinajstić information content (AvgIpc) is 2.95. The first-order chi connectivity index (χ1) is 20.3. The molecule has 7 nitrogen and oxygen atoms in total. The van der Waals surface area contributed by atoms with Crippen LogP contribution in [0.5, 0.6) is 0 Å². The monoisotopic (exact) mass is 616 g/mol.